The second-order valence-corrected chi connectivity index (χ2v) is 5.19. The molecular weight excluding hydrogens is 254 g/mol. The highest BCUT2D eigenvalue weighted by atomic mass is 16.5. The number of ether oxygens (including phenoxy) is 2. The number of unbranched alkanes of at least 4 members (excludes halogenated alkanes) is 1. The van der Waals surface area contributed by atoms with E-state index < -0.39 is 0 Å². The lowest BCUT2D eigenvalue weighted by molar-refractivity contribution is 0.0963. The van der Waals surface area contributed by atoms with Crippen LogP contribution in [-0.2, 0) is 11.3 Å². The average Bonchev–Trinajstić information content (AvgIpc) is 2.44. The van der Waals surface area contributed by atoms with E-state index in [0.29, 0.717) is 25.0 Å². The lowest BCUT2D eigenvalue weighted by atomic mass is 10.2. The van der Waals surface area contributed by atoms with Crippen LogP contribution in [0.25, 0.3) is 0 Å². The summed E-state index contributed by atoms with van der Waals surface area (Å²) in [5.41, 5.74) is 0.928. The number of nitrogens with zero attached hydrogens (tertiary/aromatic N) is 2. The number of hydrogen-bond acceptors (Lipinski definition) is 5. The molecule has 0 aromatic carbocycles. The molecule has 0 saturated carbocycles. The molecule has 5 heteroatoms. The molecule has 0 aliphatic carbocycles. The van der Waals surface area contributed by atoms with Crippen LogP contribution < -0.4 is 10.1 Å². The first-order valence-electron chi connectivity index (χ1n) is 7.44. The molecule has 5 nitrogen and oxygen atoms in total. The maximum atomic E-state index is 5.46. The van der Waals surface area contributed by atoms with Gasteiger partial charge in [0.1, 0.15) is 6.61 Å². The van der Waals surface area contributed by atoms with Crippen LogP contribution in [0.4, 0.5) is 0 Å². The van der Waals surface area contributed by atoms with Gasteiger partial charge in [-0.3, -0.25) is 4.98 Å². The van der Waals surface area contributed by atoms with Crippen LogP contribution in [0.1, 0.15) is 39.3 Å². The molecule has 1 N–H and O–H groups in total. The summed E-state index contributed by atoms with van der Waals surface area (Å²) >= 11 is 0. The van der Waals surface area contributed by atoms with Gasteiger partial charge in [0.25, 0.3) is 0 Å². The van der Waals surface area contributed by atoms with E-state index in [1.807, 2.05) is 0 Å². The van der Waals surface area contributed by atoms with Gasteiger partial charge in [0.15, 0.2) is 0 Å². The molecule has 0 aliphatic heterocycles. The SMILES string of the molecule is CCCCOCCOc1cnc(CNCC(C)C)cn1. The van der Waals surface area contributed by atoms with E-state index in [0.717, 1.165) is 38.2 Å². The third kappa shape index (κ3) is 8.07. The third-order valence-corrected chi connectivity index (χ3v) is 2.66. The van der Waals surface area contributed by atoms with Crippen molar-refractivity contribution in [1.29, 1.82) is 0 Å². The minimum absolute atomic E-state index is 0.517. The summed E-state index contributed by atoms with van der Waals surface area (Å²) in [4.78, 5) is 8.54. The Morgan fingerprint density at radius 2 is 2.00 bits per heavy atom. The first kappa shape index (κ1) is 16.9. The molecule has 1 rings (SSSR count). The molecule has 0 unspecified atom stereocenters. The van der Waals surface area contributed by atoms with Crippen molar-refractivity contribution >= 4 is 0 Å². The summed E-state index contributed by atoms with van der Waals surface area (Å²) in [6.45, 7) is 10.1. The van der Waals surface area contributed by atoms with Gasteiger partial charge in [-0.15, -0.1) is 0 Å². The maximum absolute atomic E-state index is 5.46. The topological polar surface area (TPSA) is 56.3 Å². The van der Waals surface area contributed by atoms with Crippen LogP contribution in [0, 0.1) is 5.92 Å². The van der Waals surface area contributed by atoms with Crippen molar-refractivity contribution < 1.29 is 9.47 Å². The van der Waals surface area contributed by atoms with Gasteiger partial charge >= 0.3 is 0 Å². The lowest BCUT2D eigenvalue weighted by Gasteiger charge is -2.08. The fourth-order valence-electron chi connectivity index (χ4n) is 1.55. The molecule has 0 spiro atoms. The first-order chi connectivity index (χ1) is 9.72. The zero-order valence-electron chi connectivity index (χ0n) is 12.9. The highest BCUT2D eigenvalue weighted by Gasteiger charge is 1.99. The maximum Gasteiger partial charge on any atom is 0.232 e. The lowest BCUT2D eigenvalue weighted by Crippen LogP contribution is -2.19. The molecule has 1 aromatic rings. The normalized spacial score (nSPS) is 11.0. The van der Waals surface area contributed by atoms with Crippen LogP contribution >= 0.6 is 0 Å². The molecule has 20 heavy (non-hydrogen) atoms. The van der Waals surface area contributed by atoms with E-state index in [4.69, 9.17) is 9.47 Å². The van der Waals surface area contributed by atoms with Gasteiger partial charge in [-0.2, -0.15) is 0 Å². The van der Waals surface area contributed by atoms with Gasteiger partial charge in [-0.05, 0) is 18.9 Å². The van der Waals surface area contributed by atoms with Crippen LogP contribution in [0.15, 0.2) is 12.4 Å². The molecule has 0 bridgehead atoms. The van der Waals surface area contributed by atoms with Crippen molar-refractivity contribution in [3.63, 3.8) is 0 Å². The fourth-order valence-corrected chi connectivity index (χ4v) is 1.55. The highest BCUT2D eigenvalue weighted by molar-refractivity contribution is 5.07. The Balaban J connectivity index is 2.15. The van der Waals surface area contributed by atoms with E-state index in [2.05, 4.69) is 36.1 Å². The minimum Gasteiger partial charge on any atom is -0.474 e. The third-order valence-electron chi connectivity index (χ3n) is 2.66. The Bertz CT molecular complexity index is 341. The van der Waals surface area contributed by atoms with E-state index >= 15 is 0 Å². The standard InChI is InChI=1S/C15H27N3O2/c1-4-5-6-19-7-8-20-15-12-17-14(11-18-15)10-16-9-13(2)3/h11-13,16H,4-10H2,1-3H3. The Morgan fingerprint density at radius 1 is 1.15 bits per heavy atom. The van der Waals surface area contributed by atoms with Gasteiger partial charge < -0.3 is 14.8 Å². The molecule has 1 heterocycles. The second-order valence-electron chi connectivity index (χ2n) is 5.19. The number of hydrogen-bond donors (Lipinski definition) is 1. The Kier molecular flexibility index (Phi) is 8.91. The van der Waals surface area contributed by atoms with Crippen LogP contribution in [0.2, 0.25) is 0 Å². The van der Waals surface area contributed by atoms with E-state index in [9.17, 15) is 0 Å². The summed E-state index contributed by atoms with van der Waals surface area (Å²) in [6.07, 6.45) is 5.66. The van der Waals surface area contributed by atoms with Crippen LogP contribution in [0.3, 0.4) is 0 Å². The quantitative estimate of drug-likeness (QED) is 0.631. The van der Waals surface area contributed by atoms with Crippen molar-refractivity contribution in [2.24, 2.45) is 5.92 Å². The summed E-state index contributed by atoms with van der Waals surface area (Å²) in [5.74, 6) is 1.19. The molecule has 0 aliphatic rings. The predicted molar refractivity (Wildman–Crippen MR) is 79.8 cm³/mol. The average molecular weight is 281 g/mol. The highest BCUT2D eigenvalue weighted by Crippen LogP contribution is 2.04. The van der Waals surface area contributed by atoms with E-state index in [-0.39, 0.29) is 0 Å². The summed E-state index contributed by atoms with van der Waals surface area (Å²) < 4.78 is 10.9. The zero-order valence-corrected chi connectivity index (χ0v) is 12.9. The molecule has 114 valence electrons. The van der Waals surface area contributed by atoms with Gasteiger partial charge in [0, 0.05) is 13.2 Å². The number of aromatic nitrogens is 2. The van der Waals surface area contributed by atoms with Crippen molar-refractivity contribution in [2.75, 3.05) is 26.4 Å². The second kappa shape index (κ2) is 10.6. The van der Waals surface area contributed by atoms with Crippen molar-refractivity contribution in [2.45, 2.75) is 40.2 Å². The van der Waals surface area contributed by atoms with Gasteiger partial charge in [-0.1, -0.05) is 27.2 Å². The Morgan fingerprint density at radius 3 is 2.65 bits per heavy atom. The smallest absolute Gasteiger partial charge is 0.232 e. The zero-order chi connectivity index (χ0) is 14.6. The van der Waals surface area contributed by atoms with Crippen molar-refractivity contribution in [3.05, 3.63) is 18.1 Å². The van der Waals surface area contributed by atoms with Crippen LogP contribution in [-0.4, -0.2) is 36.3 Å². The summed E-state index contributed by atoms with van der Waals surface area (Å²) in [5, 5.41) is 3.33. The molecule has 0 fully saturated rings. The van der Waals surface area contributed by atoms with Crippen molar-refractivity contribution in [1.82, 2.24) is 15.3 Å². The Hall–Kier alpha value is -1.20. The van der Waals surface area contributed by atoms with E-state index in [1.165, 1.54) is 0 Å². The minimum atomic E-state index is 0.517. The van der Waals surface area contributed by atoms with E-state index in [1.54, 1.807) is 12.4 Å². The summed E-state index contributed by atoms with van der Waals surface area (Å²) in [7, 11) is 0. The van der Waals surface area contributed by atoms with Crippen LogP contribution in [0.5, 0.6) is 5.88 Å². The summed E-state index contributed by atoms with van der Waals surface area (Å²) in [6, 6.07) is 0. The van der Waals surface area contributed by atoms with Gasteiger partial charge in [-0.25, -0.2) is 4.98 Å². The number of nitrogens with one attached hydrogen (secondary N) is 1. The largest absolute Gasteiger partial charge is 0.474 e. The Labute approximate surface area is 122 Å². The van der Waals surface area contributed by atoms with Gasteiger partial charge in [0.2, 0.25) is 5.88 Å². The first-order valence-corrected chi connectivity index (χ1v) is 7.44. The molecule has 0 radical (unpaired) electrons. The number of rotatable bonds is 11. The molecule has 1 aromatic heterocycles. The molecule has 0 amide bonds. The molecule has 0 saturated heterocycles. The fraction of sp³-hybridized carbons (Fsp3) is 0.733. The van der Waals surface area contributed by atoms with Crippen molar-refractivity contribution in [3.8, 4) is 5.88 Å². The predicted octanol–water partition coefficient (Wildman–Crippen LogP) is 2.42. The monoisotopic (exact) mass is 281 g/mol. The van der Waals surface area contributed by atoms with Gasteiger partial charge in [0.05, 0.1) is 24.7 Å². The molecule has 0 atom stereocenters. The molecular formula is C15H27N3O2.